The summed E-state index contributed by atoms with van der Waals surface area (Å²) < 4.78 is 2.09. The zero-order chi connectivity index (χ0) is 14.1. The molecule has 2 N–H and O–H groups in total. The summed E-state index contributed by atoms with van der Waals surface area (Å²) in [5.74, 6) is -0.579. The van der Waals surface area contributed by atoms with E-state index in [1.165, 1.54) is 0 Å². The van der Waals surface area contributed by atoms with Crippen LogP contribution in [-0.2, 0) is 4.79 Å². The number of hydrogen-bond acceptors (Lipinski definition) is 2. The van der Waals surface area contributed by atoms with Gasteiger partial charge in [-0.15, -0.1) is 0 Å². The van der Waals surface area contributed by atoms with Gasteiger partial charge in [0, 0.05) is 29.7 Å². The van der Waals surface area contributed by atoms with Crippen LogP contribution in [0.15, 0.2) is 55.0 Å². The number of carbonyl (C=O) groups is 1. The standard InChI is InChI=1S/C16H15N3O/c1-11(16(17)20)12-2-4-14(5-3-12)19-9-7-13-10-18-8-6-15(13)19/h2-11H,1H3,(H2,17,20). The van der Waals surface area contributed by atoms with E-state index in [4.69, 9.17) is 5.73 Å². The normalized spacial score (nSPS) is 12.4. The predicted molar refractivity (Wildman–Crippen MR) is 78.7 cm³/mol. The molecule has 0 aliphatic carbocycles. The molecule has 4 nitrogen and oxygen atoms in total. The molecule has 0 spiro atoms. The summed E-state index contributed by atoms with van der Waals surface area (Å²) in [7, 11) is 0. The van der Waals surface area contributed by atoms with Gasteiger partial charge >= 0.3 is 0 Å². The van der Waals surface area contributed by atoms with E-state index in [9.17, 15) is 4.79 Å². The van der Waals surface area contributed by atoms with Crippen molar-refractivity contribution in [2.75, 3.05) is 0 Å². The maximum Gasteiger partial charge on any atom is 0.224 e. The third-order valence-corrected chi connectivity index (χ3v) is 3.59. The predicted octanol–water partition coefficient (Wildman–Crippen LogP) is 2.61. The number of rotatable bonds is 3. The molecule has 3 rings (SSSR count). The fraction of sp³-hybridized carbons (Fsp3) is 0.125. The monoisotopic (exact) mass is 265 g/mol. The number of benzene rings is 1. The summed E-state index contributed by atoms with van der Waals surface area (Å²) in [6, 6.07) is 11.9. The van der Waals surface area contributed by atoms with Crippen molar-refractivity contribution >= 4 is 16.8 Å². The molecule has 0 bridgehead atoms. The number of amides is 1. The summed E-state index contributed by atoms with van der Waals surface area (Å²) >= 11 is 0. The molecule has 1 unspecified atom stereocenters. The van der Waals surface area contributed by atoms with Crippen molar-refractivity contribution in [3.05, 3.63) is 60.6 Å². The Morgan fingerprint density at radius 3 is 2.65 bits per heavy atom. The molecule has 0 saturated carbocycles. The Hall–Kier alpha value is -2.62. The van der Waals surface area contributed by atoms with E-state index in [1.54, 1.807) is 6.20 Å². The Bertz CT molecular complexity index is 759. The Balaban J connectivity index is 2.01. The van der Waals surface area contributed by atoms with E-state index in [0.29, 0.717) is 0 Å². The van der Waals surface area contributed by atoms with E-state index < -0.39 is 0 Å². The Morgan fingerprint density at radius 2 is 1.95 bits per heavy atom. The molecule has 4 heteroatoms. The number of hydrogen-bond donors (Lipinski definition) is 1. The van der Waals surface area contributed by atoms with Crippen LogP contribution in [0.25, 0.3) is 16.6 Å². The highest BCUT2D eigenvalue weighted by Crippen LogP contribution is 2.21. The van der Waals surface area contributed by atoms with Crippen molar-refractivity contribution in [2.24, 2.45) is 5.73 Å². The van der Waals surface area contributed by atoms with Crippen molar-refractivity contribution in [3.8, 4) is 5.69 Å². The number of primary amides is 1. The first-order chi connectivity index (χ1) is 9.66. The first-order valence-corrected chi connectivity index (χ1v) is 6.47. The molecule has 0 aliphatic heterocycles. The average Bonchev–Trinajstić information content (AvgIpc) is 2.90. The van der Waals surface area contributed by atoms with Crippen LogP contribution in [0.2, 0.25) is 0 Å². The SMILES string of the molecule is CC(C(N)=O)c1ccc(-n2ccc3cnccc32)cc1. The van der Waals surface area contributed by atoms with Crippen LogP contribution in [0.1, 0.15) is 18.4 Å². The molecule has 2 heterocycles. The molecule has 1 aromatic carbocycles. The summed E-state index contributed by atoms with van der Waals surface area (Å²) in [4.78, 5) is 15.3. The molecule has 1 amide bonds. The first kappa shape index (κ1) is 12.4. The Labute approximate surface area is 116 Å². The van der Waals surface area contributed by atoms with Crippen molar-refractivity contribution < 1.29 is 4.79 Å². The quantitative estimate of drug-likeness (QED) is 0.791. The minimum absolute atomic E-state index is 0.269. The molecule has 2 aromatic heterocycles. The van der Waals surface area contributed by atoms with Gasteiger partial charge in [0.2, 0.25) is 5.91 Å². The number of nitrogens with zero attached hydrogens (tertiary/aromatic N) is 2. The van der Waals surface area contributed by atoms with E-state index in [2.05, 4.69) is 9.55 Å². The number of pyridine rings is 1. The van der Waals surface area contributed by atoms with Crippen molar-refractivity contribution in [3.63, 3.8) is 0 Å². The topological polar surface area (TPSA) is 60.9 Å². The van der Waals surface area contributed by atoms with Crippen molar-refractivity contribution in [1.82, 2.24) is 9.55 Å². The second-order valence-corrected chi connectivity index (χ2v) is 4.84. The maximum absolute atomic E-state index is 11.2. The minimum atomic E-state index is -0.310. The van der Waals surface area contributed by atoms with Crippen LogP contribution in [0.4, 0.5) is 0 Å². The van der Waals surface area contributed by atoms with Gasteiger partial charge in [-0.2, -0.15) is 0 Å². The van der Waals surface area contributed by atoms with Gasteiger partial charge in [0.15, 0.2) is 0 Å². The largest absolute Gasteiger partial charge is 0.369 e. The van der Waals surface area contributed by atoms with Gasteiger partial charge in [-0.25, -0.2) is 0 Å². The zero-order valence-corrected chi connectivity index (χ0v) is 11.2. The fourth-order valence-electron chi connectivity index (χ4n) is 2.30. The Kier molecular flexibility index (Phi) is 2.99. The fourth-order valence-corrected chi connectivity index (χ4v) is 2.30. The molecule has 0 radical (unpaired) electrons. The van der Waals surface area contributed by atoms with Gasteiger partial charge in [-0.1, -0.05) is 12.1 Å². The maximum atomic E-state index is 11.2. The lowest BCUT2D eigenvalue weighted by molar-refractivity contribution is -0.119. The third kappa shape index (κ3) is 2.05. The van der Waals surface area contributed by atoms with Crippen LogP contribution < -0.4 is 5.73 Å². The van der Waals surface area contributed by atoms with Crippen LogP contribution >= 0.6 is 0 Å². The highest BCUT2D eigenvalue weighted by molar-refractivity contribution is 5.82. The van der Waals surface area contributed by atoms with Gasteiger partial charge in [-0.3, -0.25) is 9.78 Å². The molecule has 0 fully saturated rings. The molecule has 1 atom stereocenters. The zero-order valence-electron chi connectivity index (χ0n) is 11.2. The van der Waals surface area contributed by atoms with Crippen molar-refractivity contribution in [2.45, 2.75) is 12.8 Å². The summed E-state index contributed by atoms with van der Waals surface area (Å²) in [5, 5.41) is 1.10. The number of fused-ring (bicyclic) bond motifs is 1. The molecule has 0 saturated heterocycles. The van der Waals surface area contributed by atoms with Gasteiger partial charge < -0.3 is 10.3 Å². The van der Waals surface area contributed by atoms with E-state index in [0.717, 1.165) is 22.2 Å². The summed E-state index contributed by atoms with van der Waals surface area (Å²) in [5.41, 5.74) is 8.41. The van der Waals surface area contributed by atoms with E-state index >= 15 is 0 Å². The molecule has 20 heavy (non-hydrogen) atoms. The number of carbonyl (C=O) groups excluding carboxylic acids is 1. The van der Waals surface area contributed by atoms with Gasteiger partial charge in [0.05, 0.1) is 11.4 Å². The highest BCUT2D eigenvalue weighted by Gasteiger charge is 2.11. The van der Waals surface area contributed by atoms with Crippen LogP contribution in [0.3, 0.4) is 0 Å². The lowest BCUT2D eigenvalue weighted by Gasteiger charge is -2.10. The lowest BCUT2D eigenvalue weighted by Crippen LogP contribution is -2.18. The molecule has 100 valence electrons. The highest BCUT2D eigenvalue weighted by atomic mass is 16.1. The van der Waals surface area contributed by atoms with Crippen molar-refractivity contribution in [1.29, 1.82) is 0 Å². The van der Waals surface area contributed by atoms with Gasteiger partial charge in [0.1, 0.15) is 0 Å². The van der Waals surface area contributed by atoms with E-state index in [1.807, 2.05) is 55.7 Å². The summed E-state index contributed by atoms with van der Waals surface area (Å²) in [6.07, 6.45) is 5.64. The molecule has 0 aliphatic rings. The van der Waals surface area contributed by atoms with Crippen LogP contribution in [-0.4, -0.2) is 15.5 Å². The van der Waals surface area contributed by atoms with Crippen LogP contribution in [0, 0.1) is 0 Å². The van der Waals surface area contributed by atoms with Gasteiger partial charge in [0.25, 0.3) is 0 Å². The second kappa shape index (κ2) is 4.81. The smallest absolute Gasteiger partial charge is 0.224 e. The first-order valence-electron chi connectivity index (χ1n) is 6.47. The molecular weight excluding hydrogens is 250 g/mol. The Morgan fingerprint density at radius 1 is 1.20 bits per heavy atom. The average molecular weight is 265 g/mol. The number of aromatic nitrogens is 2. The van der Waals surface area contributed by atoms with Crippen LogP contribution in [0.5, 0.6) is 0 Å². The van der Waals surface area contributed by atoms with Gasteiger partial charge in [-0.05, 0) is 36.8 Å². The minimum Gasteiger partial charge on any atom is -0.369 e. The molecular formula is C16H15N3O. The van der Waals surface area contributed by atoms with E-state index in [-0.39, 0.29) is 11.8 Å². The summed E-state index contributed by atoms with van der Waals surface area (Å²) in [6.45, 7) is 1.81. The lowest BCUT2D eigenvalue weighted by atomic mass is 10.0. The molecule has 3 aromatic rings. The third-order valence-electron chi connectivity index (χ3n) is 3.59. The second-order valence-electron chi connectivity index (χ2n) is 4.84. The number of nitrogens with two attached hydrogens (primary N) is 1.